The predicted molar refractivity (Wildman–Crippen MR) is 77.9 cm³/mol. The quantitative estimate of drug-likeness (QED) is 0.319. The highest BCUT2D eigenvalue weighted by atomic mass is 19.1. The van der Waals surface area contributed by atoms with E-state index in [1.54, 1.807) is 13.8 Å². The normalized spacial score (nSPS) is 13.9. The van der Waals surface area contributed by atoms with Crippen molar-refractivity contribution in [1.82, 2.24) is 0 Å². The maximum atomic E-state index is 14.2. The molecule has 0 amide bonds. The highest BCUT2D eigenvalue weighted by molar-refractivity contribution is 5.88. The first-order valence-corrected chi connectivity index (χ1v) is 7.59. The van der Waals surface area contributed by atoms with Crippen LogP contribution in [0.25, 0.3) is 0 Å². The summed E-state index contributed by atoms with van der Waals surface area (Å²) in [7, 11) is 0. The largest absolute Gasteiger partial charge is 0.463 e. The zero-order chi connectivity index (χ0) is 14.7. The lowest BCUT2D eigenvalue weighted by atomic mass is 9.97. The molecular formula is C16H29FO2. The van der Waals surface area contributed by atoms with Crippen molar-refractivity contribution in [2.75, 3.05) is 6.61 Å². The Hall–Kier alpha value is -0.860. The lowest BCUT2D eigenvalue weighted by Gasteiger charge is -2.14. The van der Waals surface area contributed by atoms with E-state index < -0.39 is 6.17 Å². The van der Waals surface area contributed by atoms with Gasteiger partial charge in [-0.15, -0.1) is 0 Å². The zero-order valence-electron chi connectivity index (χ0n) is 12.9. The summed E-state index contributed by atoms with van der Waals surface area (Å²) in [5, 5.41) is 0. The summed E-state index contributed by atoms with van der Waals surface area (Å²) < 4.78 is 19.1. The summed E-state index contributed by atoms with van der Waals surface area (Å²) in [5.74, 6) is -0.381. The maximum absolute atomic E-state index is 14.2. The van der Waals surface area contributed by atoms with Gasteiger partial charge in [-0.2, -0.15) is 0 Å². The van der Waals surface area contributed by atoms with Gasteiger partial charge < -0.3 is 4.74 Å². The van der Waals surface area contributed by atoms with Crippen molar-refractivity contribution in [3.8, 4) is 0 Å². The fourth-order valence-corrected chi connectivity index (χ4v) is 2.19. The molecule has 0 aliphatic carbocycles. The second-order valence-corrected chi connectivity index (χ2v) is 4.89. The summed E-state index contributed by atoms with van der Waals surface area (Å²) in [6.07, 6.45) is 5.63. The first kappa shape index (κ1) is 18.1. The molecule has 1 unspecified atom stereocenters. The molecule has 0 heterocycles. The van der Waals surface area contributed by atoms with Crippen molar-refractivity contribution in [1.29, 1.82) is 0 Å². The molecule has 0 spiro atoms. The SMILES string of the molecule is CCCCCCCC(F)/C(CC)=C(/C)C(=O)OCC. The Bertz CT molecular complexity index is 284. The molecule has 19 heavy (non-hydrogen) atoms. The van der Waals surface area contributed by atoms with E-state index in [1.807, 2.05) is 6.92 Å². The molecule has 0 aromatic heterocycles. The van der Waals surface area contributed by atoms with Gasteiger partial charge in [-0.1, -0.05) is 46.0 Å². The molecule has 3 heteroatoms. The van der Waals surface area contributed by atoms with Crippen LogP contribution in [-0.4, -0.2) is 18.7 Å². The first-order valence-electron chi connectivity index (χ1n) is 7.59. The second-order valence-electron chi connectivity index (χ2n) is 4.89. The van der Waals surface area contributed by atoms with E-state index in [2.05, 4.69) is 6.92 Å². The van der Waals surface area contributed by atoms with Crippen LogP contribution in [0.5, 0.6) is 0 Å². The monoisotopic (exact) mass is 272 g/mol. The third-order valence-electron chi connectivity index (χ3n) is 3.38. The van der Waals surface area contributed by atoms with Gasteiger partial charge >= 0.3 is 5.97 Å². The van der Waals surface area contributed by atoms with E-state index in [-0.39, 0.29) is 5.97 Å². The van der Waals surface area contributed by atoms with E-state index in [1.165, 1.54) is 19.3 Å². The van der Waals surface area contributed by atoms with Crippen molar-refractivity contribution >= 4 is 5.97 Å². The average Bonchev–Trinajstić information content (AvgIpc) is 2.39. The molecule has 0 aromatic carbocycles. The minimum Gasteiger partial charge on any atom is -0.463 e. The van der Waals surface area contributed by atoms with Crippen molar-refractivity contribution in [2.24, 2.45) is 0 Å². The molecule has 0 saturated carbocycles. The van der Waals surface area contributed by atoms with Crippen LogP contribution in [0.2, 0.25) is 0 Å². The summed E-state index contributed by atoms with van der Waals surface area (Å²) >= 11 is 0. The molecule has 0 aliphatic heterocycles. The molecule has 0 bridgehead atoms. The topological polar surface area (TPSA) is 26.3 Å². The van der Waals surface area contributed by atoms with Crippen LogP contribution in [0.15, 0.2) is 11.1 Å². The molecule has 0 fully saturated rings. The highest BCUT2D eigenvalue weighted by Gasteiger charge is 2.18. The van der Waals surface area contributed by atoms with Crippen LogP contribution in [0, 0.1) is 0 Å². The van der Waals surface area contributed by atoms with Crippen LogP contribution in [-0.2, 0) is 9.53 Å². The Morgan fingerprint density at radius 3 is 2.26 bits per heavy atom. The Kier molecular flexibility index (Phi) is 10.5. The summed E-state index contributed by atoms with van der Waals surface area (Å²) in [6.45, 7) is 7.82. The smallest absolute Gasteiger partial charge is 0.333 e. The number of halogens is 1. The third kappa shape index (κ3) is 7.34. The predicted octanol–water partition coefficient (Wildman–Crippen LogP) is 4.97. The lowest BCUT2D eigenvalue weighted by molar-refractivity contribution is -0.138. The second kappa shape index (κ2) is 11.0. The molecule has 2 nitrogen and oxygen atoms in total. The van der Waals surface area contributed by atoms with Gasteiger partial charge in [-0.25, -0.2) is 9.18 Å². The molecule has 0 aromatic rings. The van der Waals surface area contributed by atoms with Crippen LogP contribution in [0.1, 0.15) is 72.6 Å². The average molecular weight is 272 g/mol. The number of allylic oxidation sites excluding steroid dienone is 1. The number of unbranched alkanes of at least 4 members (excludes halogenated alkanes) is 4. The number of ether oxygens (including phenoxy) is 1. The van der Waals surface area contributed by atoms with Crippen molar-refractivity contribution in [3.05, 3.63) is 11.1 Å². The zero-order valence-corrected chi connectivity index (χ0v) is 12.9. The number of esters is 1. The van der Waals surface area contributed by atoms with E-state index in [9.17, 15) is 9.18 Å². The Morgan fingerprint density at radius 2 is 1.74 bits per heavy atom. The van der Waals surface area contributed by atoms with Gasteiger partial charge in [-0.3, -0.25) is 0 Å². The third-order valence-corrected chi connectivity index (χ3v) is 3.38. The van der Waals surface area contributed by atoms with Crippen LogP contribution in [0.4, 0.5) is 4.39 Å². The number of hydrogen-bond acceptors (Lipinski definition) is 2. The minimum absolute atomic E-state index is 0.334. The van der Waals surface area contributed by atoms with Crippen molar-refractivity contribution in [3.63, 3.8) is 0 Å². The number of hydrogen-bond donors (Lipinski definition) is 0. The number of carbonyl (C=O) groups is 1. The number of carbonyl (C=O) groups excluding carboxylic acids is 1. The van der Waals surface area contributed by atoms with Gasteiger partial charge in [0.1, 0.15) is 6.17 Å². The van der Waals surface area contributed by atoms with Crippen LogP contribution < -0.4 is 0 Å². The van der Waals surface area contributed by atoms with Gasteiger partial charge in [0.05, 0.1) is 6.61 Å². The molecule has 0 N–H and O–H groups in total. The highest BCUT2D eigenvalue weighted by Crippen LogP contribution is 2.22. The standard InChI is InChI=1S/C16H29FO2/c1-5-8-9-10-11-12-15(17)14(6-2)13(4)16(18)19-7-3/h15H,5-12H2,1-4H3/b14-13-. The van der Waals surface area contributed by atoms with Gasteiger partial charge in [-0.05, 0) is 32.3 Å². The van der Waals surface area contributed by atoms with Crippen LogP contribution >= 0.6 is 0 Å². The van der Waals surface area contributed by atoms with E-state index in [0.29, 0.717) is 30.6 Å². The Labute approximate surface area is 117 Å². The molecule has 0 saturated heterocycles. The number of alkyl halides is 1. The first-order chi connectivity index (χ1) is 9.08. The molecule has 1 atom stereocenters. The van der Waals surface area contributed by atoms with Crippen molar-refractivity contribution in [2.45, 2.75) is 78.8 Å². The minimum atomic E-state index is -1.00. The van der Waals surface area contributed by atoms with Gasteiger partial charge in [0.25, 0.3) is 0 Å². The van der Waals surface area contributed by atoms with E-state index in [0.717, 1.165) is 12.8 Å². The van der Waals surface area contributed by atoms with Crippen LogP contribution in [0.3, 0.4) is 0 Å². The molecule has 112 valence electrons. The Balaban J connectivity index is 4.33. The van der Waals surface area contributed by atoms with Crippen molar-refractivity contribution < 1.29 is 13.9 Å². The van der Waals surface area contributed by atoms with E-state index >= 15 is 0 Å². The van der Waals surface area contributed by atoms with Gasteiger partial charge in [0.2, 0.25) is 0 Å². The van der Waals surface area contributed by atoms with Gasteiger partial charge in [0.15, 0.2) is 0 Å². The molecule has 0 aliphatic rings. The summed E-state index contributed by atoms with van der Waals surface area (Å²) in [4.78, 5) is 11.6. The van der Waals surface area contributed by atoms with Gasteiger partial charge in [0, 0.05) is 5.57 Å². The molecular weight excluding hydrogens is 243 g/mol. The maximum Gasteiger partial charge on any atom is 0.333 e. The summed E-state index contributed by atoms with van der Waals surface area (Å²) in [5.41, 5.74) is 1.05. The van der Waals surface area contributed by atoms with E-state index in [4.69, 9.17) is 4.74 Å². The fourth-order valence-electron chi connectivity index (χ4n) is 2.19. The Morgan fingerprint density at radius 1 is 1.11 bits per heavy atom. The molecule has 0 radical (unpaired) electrons. The molecule has 0 rings (SSSR count). The lowest BCUT2D eigenvalue weighted by Crippen LogP contribution is -2.13. The summed E-state index contributed by atoms with van der Waals surface area (Å²) in [6, 6.07) is 0. The number of rotatable bonds is 10. The fraction of sp³-hybridized carbons (Fsp3) is 0.812.